The van der Waals surface area contributed by atoms with Crippen molar-refractivity contribution in [2.24, 2.45) is 0 Å². The van der Waals surface area contributed by atoms with Gasteiger partial charge in [-0.25, -0.2) is 4.98 Å². The minimum Gasteiger partial charge on any atom is -0.384 e. The Balaban J connectivity index is 2.16. The maximum absolute atomic E-state index is 5.58. The van der Waals surface area contributed by atoms with Gasteiger partial charge in [-0.15, -0.1) is 0 Å². The molecule has 1 aromatic carbocycles. The molecule has 1 aromatic heterocycles. The minimum atomic E-state index is 0.563. The van der Waals surface area contributed by atoms with Crippen molar-refractivity contribution in [3.63, 3.8) is 0 Å². The van der Waals surface area contributed by atoms with Crippen LogP contribution in [0.25, 0.3) is 0 Å². The molecule has 0 saturated heterocycles. The van der Waals surface area contributed by atoms with E-state index in [2.05, 4.69) is 49.0 Å². The molecule has 3 heteroatoms. The summed E-state index contributed by atoms with van der Waals surface area (Å²) in [4.78, 5) is 6.34. The van der Waals surface area contributed by atoms with Gasteiger partial charge in [-0.05, 0) is 37.1 Å². The Morgan fingerprint density at radius 3 is 2.56 bits per heavy atom. The van der Waals surface area contributed by atoms with E-state index in [1.54, 1.807) is 0 Å². The van der Waals surface area contributed by atoms with E-state index in [0.717, 1.165) is 12.1 Å². The highest BCUT2D eigenvalue weighted by molar-refractivity contribution is 5.54. The molecule has 2 rings (SSSR count). The Morgan fingerprint density at radius 1 is 1.17 bits per heavy atom. The molecule has 2 aromatic rings. The molecular formula is C15H19N3. The Morgan fingerprint density at radius 2 is 1.94 bits per heavy atom. The number of rotatable bonds is 3. The molecule has 3 nitrogen and oxygen atoms in total. The minimum absolute atomic E-state index is 0.563. The van der Waals surface area contributed by atoms with Gasteiger partial charge in [0.25, 0.3) is 0 Å². The number of hydrogen-bond acceptors (Lipinski definition) is 3. The van der Waals surface area contributed by atoms with Crippen LogP contribution in [0.5, 0.6) is 0 Å². The SMILES string of the molecule is Cc1ccc(N(C)Cc2ccc(N)nc2)c(C)c1. The zero-order chi connectivity index (χ0) is 13.1. The van der Waals surface area contributed by atoms with E-state index in [1.165, 1.54) is 16.8 Å². The highest BCUT2D eigenvalue weighted by atomic mass is 15.1. The average Bonchev–Trinajstić information content (AvgIpc) is 2.32. The van der Waals surface area contributed by atoms with Gasteiger partial charge in [-0.2, -0.15) is 0 Å². The number of nitrogens with zero attached hydrogens (tertiary/aromatic N) is 2. The van der Waals surface area contributed by atoms with E-state index < -0.39 is 0 Å². The first-order valence-corrected chi connectivity index (χ1v) is 6.05. The Kier molecular flexibility index (Phi) is 3.51. The molecule has 0 amide bonds. The molecule has 0 saturated carbocycles. The van der Waals surface area contributed by atoms with Gasteiger partial charge in [0, 0.05) is 25.5 Å². The topological polar surface area (TPSA) is 42.1 Å². The van der Waals surface area contributed by atoms with Crippen molar-refractivity contribution in [1.82, 2.24) is 4.98 Å². The Labute approximate surface area is 108 Å². The summed E-state index contributed by atoms with van der Waals surface area (Å²) in [6.07, 6.45) is 1.83. The molecule has 18 heavy (non-hydrogen) atoms. The number of benzene rings is 1. The van der Waals surface area contributed by atoms with Gasteiger partial charge in [-0.3, -0.25) is 0 Å². The highest BCUT2D eigenvalue weighted by Gasteiger charge is 2.05. The second-order valence-corrected chi connectivity index (χ2v) is 4.74. The van der Waals surface area contributed by atoms with Crippen LogP contribution in [0.1, 0.15) is 16.7 Å². The van der Waals surface area contributed by atoms with Crippen LogP contribution >= 0.6 is 0 Å². The third kappa shape index (κ3) is 2.80. The normalized spacial score (nSPS) is 10.4. The summed E-state index contributed by atoms with van der Waals surface area (Å²) in [5.41, 5.74) is 10.6. The van der Waals surface area contributed by atoms with Gasteiger partial charge < -0.3 is 10.6 Å². The number of aromatic nitrogens is 1. The number of nitrogens with two attached hydrogens (primary N) is 1. The molecule has 0 atom stereocenters. The number of nitrogen functional groups attached to an aromatic ring is 1. The standard InChI is InChI=1S/C15H19N3/c1-11-4-6-14(12(2)8-11)18(3)10-13-5-7-15(16)17-9-13/h4-9H,10H2,1-3H3,(H2,16,17). The van der Waals surface area contributed by atoms with Crippen LogP contribution < -0.4 is 10.6 Å². The molecule has 0 fully saturated rings. The summed E-state index contributed by atoms with van der Waals surface area (Å²) < 4.78 is 0. The molecule has 0 radical (unpaired) electrons. The van der Waals surface area contributed by atoms with Crippen molar-refractivity contribution >= 4 is 11.5 Å². The molecular weight excluding hydrogens is 222 g/mol. The lowest BCUT2D eigenvalue weighted by Crippen LogP contribution is -2.17. The van der Waals surface area contributed by atoms with Gasteiger partial charge >= 0.3 is 0 Å². The molecule has 94 valence electrons. The molecule has 0 aliphatic rings. The molecule has 0 bridgehead atoms. The number of pyridine rings is 1. The molecule has 0 aliphatic heterocycles. The van der Waals surface area contributed by atoms with Gasteiger partial charge in [0.2, 0.25) is 0 Å². The smallest absolute Gasteiger partial charge is 0.123 e. The lowest BCUT2D eigenvalue weighted by molar-refractivity contribution is 0.910. The van der Waals surface area contributed by atoms with Crippen molar-refractivity contribution < 1.29 is 0 Å². The monoisotopic (exact) mass is 241 g/mol. The fourth-order valence-corrected chi connectivity index (χ4v) is 2.12. The fraction of sp³-hybridized carbons (Fsp3) is 0.267. The summed E-state index contributed by atoms with van der Waals surface area (Å²) in [6, 6.07) is 10.4. The van der Waals surface area contributed by atoms with E-state index >= 15 is 0 Å². The molecule has 0 unspecified atom stereocenters. The van der Waals surface area contributed by atoms with Crippen molar-refractivity contribution in [3.05, 3.63) is 53.2 Å². The summed E-state index contributed by atoms with van der Waals surface area (Å²) in [6.45, 7) is 5.08. The maximum atomic E-state index is 5.58. The molecule has 1 heterocycles. The summed E-state index contributed by atoms with van der Waals surface area (Å²) in [5, 5.41) is 0. The van der Waals surface area contributed by atoms with Gasteiger partial charge in [0.15, 0.2) is 0 Å². The van der Waals surface area contributed by atoms with Crippen molar-refractivity contribution in [1.29, 1.82) is 0 Å². The van der Waals surface area contributed by atoms with Crippen LogP contribution in [0.3, 0.4) is 0 Å². The zero-order valence-corrected chi connectivity index (χ0v) is 11.1. The lowest BCUT2D eigenvalue weighted by atomic mass is 10.1. The summed E-state index contributed by atoms with van der Waals surface area (Å²) in [7, 11) is 2.09. The number of anilines is 2. The van der Waals surface area contributed by atoms with E-state index in [1.807, 2.05) is 18.3 Å². The Hall–Kier alpha value is -2.03. The third-order valence-electron chi connectivity index (χ3n) is 3.03. The zero-order valence-electron chi connectivity index (χ0n) is 11.1. The lowest BCUT2D eigenvalue weighted by Gasteiger charge is -2.21. The second kappa shape index (κ2) is 5.08. The van der Waals surface area contributed by atoms with E-state index in [4.69, 9.17) is 5.73 Å². The van der Waals surface area contributed by atoms with Gasteiger partial charge in [0.05, 0.1) is 0 Å². The highest BCUT2D eigenvalue weighted by Crippen LogP contribution is 2.21. The predicted molar refractivity (Wildman–Crippen MR) is 76.7 cm³/mol. The molecule has 0 aliphatic carbocycles. The van der Waals surface area contributed by atoms with E-state index in [0.29, 0.717) is 5.82 Å². The maximum Gasteiger partial charge on any atom is 0.123 e. The third-order valence-corrected chi connectivity index (χ3v) is 3.03. The van der Waals surface area contributed by atoms with Crippen molar-refractivity contribution in [2.45, 2.75) is 20.4 Å². The van der Waals surface area contributed by atoms with Crippen LogP contribution in [0.4, 0.5) is 11.5 Å². The van der Waals surface area contributed by atoms with Crippen molar-refractivity contribution in [2.75, 3.05) is 17.7 Å². The van der Waals surface area contributed by atoms with Gasteiger partial charge in [0.1, 0.15) is 5.82 Å². The molecule has 0 spiro atoms. The van der Waals surface area contributed by atoms with Crippen LogP contribution in [-0.2, 0) is 6.54 Å². The molecule has 2 N–H and O–H groups in total. The van der Waals surface area contributed by atoms with E-state index in [-0.39, 0.29) is 0 Å². The second-order valence-electron chi connectivity index (χ2n) is 4.74. The van der Waals surface area contributed by atoms with Crippen LogP contribution in [0.2, 0.25) is 0 Å². The van der Waals surface area contributed by atoms with Gasteiger partial charge in [-0.1, -0.05) is 23.8 Å². The largest absolute Gasteiger partial charge is 0.384 e. The first-order valence-electron chi connectivity index (χ1n) is 6.05. The first-order chi connectivity index (χ1) is 8.56. The van der Waals surface area contributed by atoms with Crippen molar-refractivity contribution in [3.8, 4) is 0 Å². The van der Waals surface area contributed by atoms with Crippen LogP contribution in [0.15, 0.2) is 36.5 Å². The Bertz CT molecular complexity index is 532. The first kappa shape index (κ1) is 12.4. The average molecular weight is 241 g/mol. The van der Waals surface area contributed by atoms with Crippen LogP contribution in [0, 0.1) is 13.8 Å². The predicted octanol–water partition coefficient (Wildman–Crippen LogP) is 2.92. The van der Waals surface area contributed by atoms with Crippen LogP contribution in [-0.4, -0.2) is 12.0 Å². The fourth-order valence-electron chi connectivity index (χ4n) is 2.12. The summed E-state index contributed by atoms with van der Waals surface area (Å²) >= 11 is 0. The van der Waals surface area contributed by atoms with E-state index in [9.17, 15) is 0 Å². The number of aryl methyl sites for hydroxylation is 2. The summed E-state index contributed by atoms with van der Waals surface area (Å²) in [5.74, 6) is 0.563. The number of hydrogen-bond donors (Lipinski definition) is 1. The quantitative estimate of drug-likeness (QED) is 0.898.